The highest BCUT2D eigenvalue weighted by molar-refractivity contribution is 5.67. The first kappa shape index (κ1) is 9.32. The lowest BCUT2D eigenvalue weighted by Gasteiger charge is -2.15. The van der Waals surface area contributed by atoms with Crippen LogP contribution in [0.4, 0.5) is 4.79 Å². The van der Waals surface area contributed by atoms with Crippen molar-refractivity contribution < 1.29 is 14.3 Å². The standard InChI is InChI=1S/C8H15NO3/c1-8(2)4-6(5-12-8)9-7(10)11-3/h6H,4-5H2,1-3H3,(H,9,10). The molecule has 0 saturated carbocycles. The number of alkyl carbamates (subject to hydrolysis) is 1. The van der Waals surface area contributed by atoms with E-state index in [4.69, 9.17) is 4.74 Å². The number of carbonyl (C=O) groups is 1. The van der Waals surface area contributed by atoms with Crippen molar-refractivity contribution in [2.45, 2.75) is 31.9 Å². The summed E-state index contributed by atoms with van der Waals surface area (Å²) < 4.78 is 9.90. The fourth-order valence-electron chi connectivity index (χ4n) is 1.36. The lowest BCUT2D eigenvalue weighted by atomic mass is 10.0. The molecule has 4 nitrogen and oxygen atoms in total. The zero-order valence-corrected chi connectivity index (χ0v) is 7.72. The van der Waals surface area contributed by atoms with Crippen molar-refractivity contribution in [3.8, 4) is 0 Å². The number of methoxy groups -OCH3 is 1. The molecular weight excluding hydrogens is 158 g/mol. The third kappa shape index (κ3) is 2.37. The van der Waals surface area contributed by atoms with E-state index in [0.29, 0.717) is 6.61 Å². The Hall–Kier alpha value is -0.770. The van der Waals surface area contributed by atoms with Crippen molar-refractivity contribution in [2.24, 2.45) is 0 Å². The number of nitrogens with one attached hydrogen (secondary N) is 1. The average molecular weight is 173 g/mol. The molecule has 4 heteroatoms. The largest absolute Gasteiger partial charge is 0.453 e. The van der Waals surface area contributed by atoms with Gasteiger partial charge in [-0.2, -0.15) is 0 Å². The van der Waals surface area contributed by atoms with Crippen LogP contribution in [0.5, 0.6) is 0 Å². The number of ether oxygens (including phenoxy) is 2. The maximum atomic E-state index is 10.8. The van der Waals surface area contributed by atoms with Gasteiger partial charge in [-0.25, -0.2) is 4.79 Å². The van der Waals surface area contributed by atoms with Crippen molar-refractivity contribution in [3.63, 3.8) is 0 Å². The molecule has 1 rings (SSSR count). The zero-order chi connectivity index (χ0) is 9.19. The number of hydrogen-bond donors (Lipinski definition) is 1. The van der Waals surface area contributed by atoms with Gasteiger partial charge >= 0.3 is 6.09 Å². The molecule has 1 aliphatic heterocycles. The average Bonchev–Trinajstić information content (AvgIpc) is 2.30. The quantitative estimate of drug-likeness (QED) is 0.641. The summed E-state index contributed by atoms with van der Waals surface area (Å²) in [6, 6.07) is 0.0902. The van der Waals surface area contributed by atoms with Gasteiger partial charge in [0.2, 0.25) is 0 Å². The van der Waals surface area contributed by atoms with Gasteiger partial charge in [0.25, 0.3) is 0 Å². The molecule has 1 saturated heterocycles. The molecule has 0 spiro atoms. The Morgan fingerprint density at radius 2 is 2.33 bits per heavy atom. The number of rotatable bonds is 1. The van der Waals surface area contributed by atoms with Crippen molar-refractivity contribution in [2.75, 3.05) is 13.7 Å². The van der Waals surface area contributed by atoms with Crippen LogP contribution < -0.4 is 5.32 Å². The van der Waals surface area contributed by atoms with Crippen molar-refractivity contribution in [1.82, 2.24) is 5.32 Å². The van der Waals surface area contributed by atoms with Crippen molar-refractivity contribution in [3.05, 3.63) is 0 Å². The minimum Gasteiger partial charge on any atom is -0.453 e. The summed E-state index contributed by atoms with van der Waals surface area (Å²) in [7, 11) is 1.36. The first-order chi connectivity index (χ1) is 5.53. The van der Waals surface area contributed by atoms with Gasteiger partial charge in [-0.3, -0.25) is 0 Å². The number of carbonyl (C=O) groups excluding carboxylic acids is 1. The van der Waals surface area contributed by atoms with Gasteiger partial charge in [0.1, 0.15) is 0 Å². The van der Waals surface area contributed by atoms with Crippen LogP contribution in [0.2, 0.25) is 0 Å². The molecule has 1 atom stereocenters. The van der Waals surface area contributed by atoms with Crippen LogP contribution in [0.15, 0.2) is 0 Å². The molecule has 0 aromatic rings. The number of hydrogen-bond acceptors (Lipinski definition) is 3. The lowest BCUT2D eigenvalue weighted by molar-refractivity contribution is 0.0356. The van der Waals surface area contributed by atoms with E-state index >= 15 is 0 Å². The Bertz CT molecular complexity index is 179. The second-order valence-corrected chi connectivity index (χ2v) is 3.61. The van der Waals surface area contributed by atoms with Crippen LogP contribution in [0.1, 0.15) is 20.3 Å². The van der Waals surface area contributed by atoms with Crippen LogP contribution in [0.25, 0.3) is 0 Å². The van der Waals surface area contributed by atoms with Crippen LogP contribution >= 0.6 is 0 Å². The van der Waals surface area contributed by atoms with Gasteiger partial charge in [-0.1, -0.05) is 0 Å². The first-order valence-corrected chi connectivity index (χ1v) is 4.02. The van der Waals surface area contributed by atoms with Gasteiger partial charge in [-0.05, 0) is 20.3 Å². The Kier molecular flexibility index (Phi) is 2.57. The first-order valence-electron chi connectivity index (χ1n) is 4.02. The predicted octanol–water partition coefficient (Wildman–Crippen LogP) is 0.910. The maximum absolute atomic E-state index is 10.8. The summed E-state index contributed by atoms with van der Waals surface area (Å²) in [6.07, 6.45) is 0.448. The fraction of sp³-hybridized carbons (Fsp3) is 0.875. The molecule has 0 aliphatic carbocycles. The topological polar surface area (TPSA) is 47.6 Å². The molecule has 1 fully saturated rings. The van der Waals surface area contributed by atoms with E-state index in [0.717, 1.165) is 6.42 Å². The third-order valence-electron chi connectivity index (χ3n) is 1.92. The molecule has 0 radical (unpaired) electrons. The van der Waals surface area contributed by atoms with E-state index in [1.165, 1.54) is 7.11 Å². The molecule has 1 aliphatic rings. The van der Waals surface area contributed by atoms with Gasteiger partial charge in [0.15, 0.2) is 0 Å². The molecule has 0 aromatic heterocycles. The van der Waals surface area contributed by atoms with Crippen molar-refractivity contribution >= 4 is 6.09 Å². The SMILES string of the molecule is COC(=O)NC1COC(C)(C)C1. The van der Waals surface area contributed by atoms with Gasteiger partial charge in [-0.15, -0.1) is 0 Å². The second-order valence-electron chi connectivity index (χ2n) is 3.61. The number of amides is 1. The highest BCUT2D eigenvalue weighted by atomic mass is 16.5. The Morgan fingerprint density at radius 3 is 2.75 bits per heavy atom. The normalized spacial score (nSPS) is 26.8. The second kappa shape index (κ2) is 3.31. The Labute approximate surface area is 72.2 Å². The van der Waals surface area contributed by atoms with E-state index in [2.05, 4.69) is 10.1 Å². The van der Waals surface area contributed by atoms with E-state index in [-0.39, 0.29) is 17.7 Å². The molecule has 70 valence electrons. The van der Waals surface area contributed by atoms with Crippen LogP contribution in [-0.4, -0.2) is 31.5 Å². The molecule has 0 aromatic carbocycles. The van der Waals surface area contributed by atoms with Gasteiger partial charge in [0.05, 0.1) is 25.4 Å². The minimum absolute atomic E-state index is 0.0902. The Morgan fingerprint density at radius 1 is 1.67 bits per heavy atom. The third-order valence-corrected chi connectivity index (χ3v) is 1.92. The van der Waals surface area contributed by atoms with E-state index in [1.54, 1.807) is 0 Å². The molecule has 1 unspecified atom stereocenters. The molecule has 1 N–H and O–H groups in total. The van der Waals surface area contributed by atoms with Gasteiger partial charge in [0, 0.05) is 0 Å². The Balaban J connectivity index is 2.33. The predicted molar refractivity (Wildman–Crippen MR) is 44.0 cm³/mol. The molecule has 1 amide bonds. The summed E-state index contributed by atoms with van der Waals surface area (Å²) in [6.45, 7) is 4.58. The highest BCUT2D eigenvalue weighted by Gasteiger charge is 2.32. The monoisotopic (exact) mass is 173 g/mol. The highest BCUT2D eigenvalue weighted by Crippen LogP contribution is 2.24. The molecule has 12 heavy (non-hydrogen) atoms. The van der Waals surface area contributed by atoms with Crippen LogP contribution in [0.3, 0.4) is 0 Å². The molecular formula is C8H15NO3. The van der Waals surface area contributed by atoms with E-state index in [9.17, 15) is 4.79 Å². The summed E-state index contributed by atoms with van der Waals surface area (Å²) in [5, 5.41) is 2.70. The van der Waals surface area contributed by atoms with Gasteiger partial charge < -0.3 is 14.8 Å². The summed E-state index contributed by atoms with van der Waals surface area (Å²) in [5.74, 6) is 0. The smallest absolute Gasteiger partial charge is 0.407 e. The maximum Gasteiger partial charge on any atom is 0.407 e. The summed E-state index contributed by atoms with van der Waals surface area (Å²) in [4.78, 5) is 10.8. The molecule has 1 heterocycles. The van der Waals surface area contributed by atoms with Crippen LogP contribution in [-0.2, 0) is 9.47 Å². The zero-order valence-electron chi connectivity index (χ0n) is 7.72. The minimum atomic E-state index is -0.388. The van der Waals surface area contributed by atoms with Crippen molar-refractivity contribution in [1.29, 1.82) is 0 Å². The van der Waals surface area contributed by atoms with E-state index in [1.807, 2.05) is 13.8 Å². The van der Waals surface area contributed by atoms with E-state index < -0.39 is 0 Å². The molecule has 0 bridgehead atoms. The summed E-state index contributed by atoms with van der Waals surface area (Å²) in [5.41, 5.74) is -0.119. The fourth-order valence-corrected chi connectivity index (χ4v) is 1.36. The lowest BCUT2D eigenvalue weighted by Crippen LogP contribution is -2.35. The van der Waals surface area contributed by atoms with Crippen LogP contribution in [0, 0.1) is 0 Å². The summed E-state index contributed by atoms with van der Waals surface area (Å²) >= 11 is 0.